The van der Waals surface area contributed by atoms with Gasteiger partial charge in [-0.2, -0.15) is 0 Å². The normalized spacial score (nSPS) is 10.4. The van der Waals surface area contributed by atoms with Crippen LogP contribution in [0.25, 0.3) is 0 Å². The molecule has 2 N–H and O–H groups in total. The zero-order valence-corrected chi connectivity index (χ0v) is 10.6. The third-order valence-corrected chi connectivity index (χ3v) is 2.37. The molecule has 0 aromatic carbocycles. The van der Waals surface area contributed by atoms with Crippen molar-refractivity contribution in [3.8, 4) is 0 Å². The molecule has 0 amide bonds. The van der Waals surface area contributed by atoms with E-state index in [1.54, 1.807) is 0 Å². The van der Waals surface area contributed by atoms with Gasteiger partial charge >= 0.3 is 0 Å². The average molecular weight is 213 g/mol. The van der Waals surface area contributed by atoms with Crippen LogP contribution in [0.1, 0.15) is 33.6 Å². The van der Waals surface area contributed by atoms with E-state index in [9.17, 15) is 0 Å². The summed E-state index contributed by atoms with van der Waals surface area (Å²) in [4.78, 5) is 2.48. The summed E-state index contributed by atoms with van der Waals surface area (Å²) in [6, 6.07) is 0. The van der Waals surface area contributed by atoms with Crippen molar-refractivity contribution >= 4 is 0 Å². The average Bonchev–Trinajstić information content (AvgIpc) is 2.23. The molecule has 0 saturated carbocycles. The quantitative estimate of drug-likeness (QED) is 0.542. The summed E-state index contributed by atoms with van der Waals surface area (Å²) in [5.41, 5.74) is 0. The predicted molar refractivity (Wildman–Crippen MR) is 67.8 cm³/mol. The minimum atomic E-state index is 0.933. The first kappa shape index (κ1) is 14.3. The molecule has 0 rings (SSSR count). The minimum absolute atomic E-state index is 0.933. The molecular weight excluding hydrogens is 186 g/mol. The first-order chi connectivity index (χ1) is 7.24. The molecule has 0 fully saturated rings. The van der Waals surface area contributed by atoms with E-state index in [4.69, 9.17) is 0 Å². The van der Waals surface area contributed by atoms with Crippen LogP contribution in [0.4, 0.5) is 0 Å². The minimum Gasteiger partial charge on any atom is -0.373 e. The molecule has 3 nitrogen and oxygen atoms in total. The Labute approximate surface area is 94.9 Å². The van der Waals surface area contributed by atoms with E-state index in [0.29, 0.717) is 0 Å². The van der Waals surface area contributed by atoms with Crippen molar-refractivity contribution in [2.75, 3.05) is 32.7 Å². The molecule has 0 heterocycles. The number of nitrogens with zero attached hydrogens (tertiary/aromatic N) is 1. The molecule has 0 aliphatic heterocycles. The van der Waals surface area contributed by atoms with Crippen molar-refractivity contribution < 1.29 is 0 Å². The summed E-state index contributed by atoms with van der Waals surface area (Å²) in [6.45, 7) is 15.9. The first-order valence-electron chi connectivity index (χ1n) is 6.13. The van der Waals surface area contributed by atoms with Gasteiger partial charge in [0.15, 0.2) is 0 Å². The van der Waals surface area contributed by atoms with Gasteiger partial charge in [0.05, 0.1) is 5.82 Å². The van der Waals surface area contributed by atoms with E-state index in [1.807, 2.05) is 0 Å². The van der Waals surface area contributed by atoms with Gasteiger partial charge in [0.25, 0.3) is 0 Å². The molecule has 0 bridgehead atoms. The summed E-state index contributed by atoms with van der Waals surface area (Å²) in [7, 11) is 0. The van der Waals surface area contributed by atoms with Crippen LogP contribution in [-0.2, 0) is 0 Å². The van der Waals surface area contributed by atoms with E-state index in [-0.39, 0.29) is 0 Å². The van der Waals surface area contributed by atoms with Crippen molar-refractivity contribution in [1.29, 1.82) is 0 Å². The molecule has 3 heteroatoms. The highest BCUT2D eigenvalue weighted by Crippen LogP contribution is 1.93. The largest absolute Gasteiger partial charge is 0.373 e. The molecule has 0 spiro atoms. The SMILES string of the molecule is C=C(NCC)NCCCN(CC)CCC. The van der Waals surface area contributed by atoms with Gasteiger partial charge in [0, 0.05) is 13.1 Å². The van der Waals surface area contributed by atoms with Crippen molar-refractivity contribution in [3.63, 3.8) is 0 Å². The Hall–Kier alpha value is -0.700. The predicted octanol–water partition coefficient (Wildman–Crippen LogP) is 1.78. The smallest absolute Gasteiger partial charge is 0.0912 e. The lowest BCUT2D eigenvalue weighted by Crippen LogP contribution is -2.30. The zero-order valence-electron chi connectivity index (χ0n) is 10.6. The molecule has 15 heavy (non-hydrogen) atoms. The maximum atomic E-state index is 3.88. The topological polar surface area (TPSA) is 27.3 Å². The van der Waals surface area contributed by atoms with Crippen molar-refractivity contribution in [2.45, 2.75) is 33.6 Å². The van der Waals surface area contributed by atoms with Crippen LogP contribution in [0.2, 0.25) is 0 Å². The lowest BCUT2D eigenvalue weighted by atomic mass is 10.3. The van der Waals surface area contributed by atoms with Crippen LogP contribution in [0.5, 0.6) is 0 Å². The Kier molecular flexibility index (Phi) is 9.38. The van der Waals surface area contributed by atoms with E-state index < -0.39 is 0 Å². The maximum Gasteiger partial charge on any atom is 0.0912 e. The van der Waals surface area contributed by atoms with Crippen LogP contribution in [0.3, 0.4) is 0 Å². The maximum absolute atomic E-state index is 3.88. The van der Waals surface area contributed by atoms with Crippen LogP contribution in [0.15, 0.2) is 12.4 Å². The lowest BCUT2D eigenvalue weighted by Gasteiger charge is -2.19. The second kappa shape index (κ2) is 9.84. The second-order valence-electron chi connectivity index (χ2n) is 3.72. The van der Waals surface area contributed by atoms with E-state index >= 15 is 0 Å². The van der Waals surface area contributed by atoms with Crippen LogP contribution >= 0.6 is 0 Å². The molecule has 0 unspecified atom stereocenters. The fourth-order valence-corrected chi connectivity index (χ4v) is 1.56. The van der Waals surface area contributed by atoms with Gasteiger partial charge in [-0.25, -0.2) is 0 Å². The lowest BCUT2D eigenvalue weighted by molar-refractivity contribution is 0.284. The first-order valence-corrected chi connectivity index (χ1v) is 6.13. The fraction of sp³-hybridized carbons (Fsp3) is 0.833. The van der Waals surface area contributed by atoms with Crippen molar-refractivity contribution in [1.82, 2.24) is 15.5 Å². The van der Waals surface area contributed by atoms with Gasteiger partial charge in [0.2, 0.25) is 0 Å². The summed E-state index contributed by atoms with van der Waals surface area (Å²) < 4.78 is 0. The highest BCUT2D eigenvalue weighted by molar-refractivity contribution is 4.86. The molecule has 0 radical (unpaired) electrons. The van der Waals surface area contributed by atoms with Gasteiger partial charge in [-0.15, -0.1) is 0 Å². The van der Waals surface area contributed by atoms with Crippen LogP contribution in [-0.4, -0.2) is 37.6 Å². The Morgan fingerprint density at radius 1 is 1.13 bits per heavy atom. The monoisotopic (exact) mass is 213 g/mol. The van der Waals surface area contributed by atoms with E-state index in [2.05, 4.69) is 42.9 Å². The Morgan fingerprint density at radius 3 is 2.40 bits per heavy atom. The molecular formula is C12H27N3. The van der Waals surface area contributed by atoms with E-state index in [1.165, 1.54) is 25.9 Å². The summed E-state index contributed by atoms with van der Waals surface area (Å²) >= 11 is 0. The highest BCUT2D eigenvalue weighted by atomic mass is 15.1. The Morgan fingerprint density at radius 2 is 1.87 bits per heavy atom. The summed E-state index contributed by atoms with van der Waals surface area (Å²) in [6.07, 6.45) is 2.42. The number of rotatable bonds is 10. The van der Waals surface area contributed by atoms with Gasteiger partial charge in [0.1, 0.15) is 0 Å². The molecule has 0 aliphatic carbocycles. The van der Waals surface area contributed by atoms with Crippen molar-refractivity contribution in [2.24, 2.45) is 0 Å². The van der Waals surface area contributed by atoms with Gasteiger partial charge in [-0.1, -0.05) is 20.4 Å². The van der Waals surface area contributed by atoms with Crippen molar-refractivity contribution in [3.05, 3.63) is 12.4 Å². The Balaban J connectivity index is 3.39. The standard InChI is InChI=1S/C12H27N3/c1-5-10-15(7-3)11-8-9-14-12(4)13-6-2/h13-14H,4-11H2,1-3H3. The number of hydrogen-bond donors (Lipinski definition) is 2. The molecule has 0 saturated heterocycles. The van der Waals surface area contributed by atoms with Crippen LogP contribution < -0.4 is 10.6 Å². The fourth-order valence-electron chi connectivity index (χ4n) is 1.56. The third kappa shape index (κ3) is 8.30. The van der Waals surface area contributed by atoms with Gasteiger partial charge in [-0.05, 0) is 39.4 Å². The van der Waals surface area contributed by atoms with Gasteiger partial charge in [-0.3, -0.25) is 0 Å². The number of nitrogens with one attached hydrogen (secondary N) is 2. The molecule has 0 aromatic heterocycles. The highest BCUT2D eigenvalue weighted by Gasteiger charge is 1.99. The number of hydrogen-bond acceptors (Lipinski definition) is 3. The molecule has 0 aromatic rings. The van der Waals surface area contributed by atoms with Gasteiger partial charge < -0.3 is 15.5 Å². The second-order valence-corrected chi connectivity index (χ2v) is 3.72. The molecule has 0 aliphatic rings. The third-order valence-electron chi connectivity index (χ3n) is 2.37. The molecule has 0 atom stereocenters. The van der Waals surface area contributed by atoms with E-state index in [0.717, 1.165) is 25.5 Å². The molecule has 90 valence electrons. The summed E-state index contributed by atoms with van der Waals surface area (Å²) in [5, 5.41) is 6.43. The van der Waals surface area contributed by atoms with Crippen LogP contribution in [0, 0.1) is 0 Å². The zero-order chi connectivity index (χ0) is 11.5. The summed E-state index contributed by atoms with van der Waals surface area (Å²) in [5.74, 6) is 0.941. The Bertz CT molecular complexity index is 157.